The molecule has 0 bridgehead atoms. The number of urea groups is 1. The summed E-state index contributed by atoms with van der Waals surface area (Å²) in [5.41, 5.74) is 0. The maximum Gasteiger partial charge on any atom is 0.317 e. The summed E-state index contributed by atoms with van der Waals surface area (Å²) in [6.45, 7) is 3.73. The van der Waals surface area contributed by atoms with Crippen molar-refractivity contribution < 1.29 is 9.21 Å². The van der Waals surface area contributed by atoms with E-state index in [0.29, 0.717) is 6.54 Å². The normalized spacial score (nSPS) is 16.4. The van der Waals surface area contributed by atoms with Gasteiger partial charge in [0.25, 0.3) is 0 Å². The molecule has 1 saturated heterocycles. The third kappa shape index (κ3) is 2.73. The standard InChI is InChI=1S/C10H15N3O2/c14-10(13-5-3-11-4-6-13)12-8-9-2-1-7-15-9/h1-2,7,11H,3-6,8H2,(H,12,14). The van der Waals surface area contributed by atoms with E-state index < -0.39 is 0 Å². The van der Waals surface area contributed by atoms with Gasteiger partial charge in [-0.15, -0.1) is 0 Å². The largest absolute Gasteiger partial charge is 0.467 e. The average Bonchev–Trinajstić information content (AvgIpc) is 2.80. The smallest absolute Gasteiger partial charge is 0.317 e. The van der Waals surface area contributed by atoms with E-state index in [4.69, 9.17) is 4.42 Å². The van der Waals surface area contributed by atoms with E-state index in [1.54, 1.807) is 11.2 Å². The summed E-state index contributed by atoms with van der Waals surface area (Å²) in [7, 11) is 0. The van der Waals surface area contributed by atoms with Crippen molar-refractivity contribution in [3.05, 3.63) is 24.2 Å². The number of piperazine rings is 1. The van der Waals surface area contributed by atoms with Crippen LogP contribution in [0.2, 0.25) is 0 Å². The molecule has 0 spiro atoms. The highest BCUT2D eigenvalue weighted by atomic mass is 16.3. The molecule has 1 aromatic heterocycles. The Balaban J connectivity index is 1.76. The number of rotatable bonds is 2. The summed E-state index contributed by atoms with van der Waals surface area (Å²) in [4.78, 5) is 13.4. The van der Waals surface area contributed by atoms with Gasteiger partial charge < -0.3 is 20.0 Å². The van der Waals surface area contributed by atoms with E-state index in [2.05, 4.69) is 10.6 Å². The first-order valence-electron chi connectivity index (χ1n) is 5.12. The van der Waals surface area contributed by atoms with Crippen LogP contribution in [0.3, 0.4) is 0 Å². The minimum Gasteiger partial charge on any atom is -0.467 e. The number of hydrogen-bond donors (Lipinski definition) is 2. The molecular formula is C10H15N3O2. The quantitative estimate of drug-likeness (QED) is 0.741. The molecule has 0 unspecified atom stereocenters. The zero-order chi connectivity index (χ0) is 10.5. The maximum absolute atomic E-state index is 11.6. The van der Waals surface area contributed by atoms with Crippen molar-refractivity contribution in [3.63, 3.8) is 0 Å². The highest BCUT2D eigenvalue weighted by Gasteiger charge is 2.15. The topological polar surface area (TPSA) is 57.5 Å². The molecule has 0 saturated carbocycles. The maximum atomic E-state index is 11.6. The second-order valence-corrected chi connectivity index (χ2v) is 3.48. The highest BCUT2D eigenvalue weighted by Crippen LogP contribution is 2.00. The minimum absolute atomic E-state index is 0.0205. The zero-order valence-electron chi connectivity index (χ0n) is 8.53. The Morgan fingerprint density at radius 2 is 2.33 bits per heavy atom. The molecule has 82 valence electrons. The van der Waals surface area contributed by atoms with Gasteiger partial charge in [0.2, 0.25) is 0 Å². The van der Waals surface area contributed by atoms with Crippen LogP contribution in [0.25, 0.3) is 0 Å². The van der Waals surface area contributed by atoms with Crippen molar-refractivity contribution in [2.24, 2.45) is 0 Å². The van der Waals surface area contributed by atoms with Crippen molar-refractivity contribution in [3.8, 4) is 0 Å². The van der Waals surface area contributed by atoms with Gasteiger partial charge in [0.15, 0.2) is 0 Å². The molecule has 15 heavy (non-hydrogen) atoms. The fraction of sp³-hybridized carbons (Fsp3) is 0.500. The summed E-state index contributed by atoms with van der Waals surface area (Å²) in [5, 5.41) is 6.02. The number of nitrogens with zero attached hydrogens (tertiary/aromatic N) is 1. The molecule has 2 heterocycles. The molecule has 1 aliphatic rings. The van der Waals surface area contributed by atoms with Crippen LogP contribution in [0, 0.1) is 0 Å². The molecule has 0 atom stereocenters. The third-order valence-corrected chi connectivity index (χ3v) is 2.40. The van der Waals surface area contributed by atoms with Gasteiger partial charge in [-0.25, -0.2) is 4.79 Å². The molecular weight excluding hydrogens is 194 g/mol. The predicted octanol–water partition coefficient (Wildman–Crippen LogP) is 0.394. The van der Waals surface area contributed by atoms with Crippen LogP contribution in [-0.4, -0.2) is 37.1 Å². The van der Waals surface area contributed by atoms with Gasteiger partial charge in [-0.1, -0.05) is 0 Å². The Hall–Kier alpha value is -1.49. The van der Waals surface area contributed by atoms with E-state index in [1.165, 1.54) is 0 Å². The molecule has 1 aromatic rings. The van der Waals surface area contributed by atoms with Crippen LogP contribution in [0.1, 0.15) is 5.76 Å². The Kier molecular flexibility index (Phi) is 3.24. The summed E-state index contributed by atoms with van der Waals surface area (Å²) in [5.74, 6) is 0.776. The molecule has 1 fully saturated rings. The van der Waals surface area contributed by atoms with Crippen LogP contribution in [0.5, 0.6) is 0 Å². The van der Waals surface area contributed by atoms with Gasteiger partial charge in [0.1, 0.15) is 5.76 Å². The molecule has 1 aliphatic heterocycles. The zero-order valence-corrected chi connectivity index (χ0v) is 8.53. The van der Waals surface area contributed by atoms with Crippen molar-refractivity contribution in [1.29, 1.82) is 0 Å². The Bertz CT molecular complexity index is 304. The molecule has 0 radical (unpaired) electrons. The van der Waals surface area contributed by atoms with Gasteiger partial charge in [-0.2, -0.15) is 0 Å². The van der Waals surface area contributed by atoms with Crippen molar-refractivity contribution in [2.75, 3.05) is 26.2 Å². The predicted molar refractivity (Wildman–Crippen MR) is 55.4 cm³/mol. The van der Waals surface area contributed by atoms with Gasteiger partial charge in [0.05, 0.1) is 12.8 Å². The molecule has 2 amide bonds. The molecule has 5 heteroatoms. The summed E-state index contributed by atoms with van der Waals surface area (Å²) >= 11 is 0. The van der Waals surface area contributed by atoms with E-state index in [9.17, 15) is 4.79 Å². The number of nitrogens with one attached hydrogen (secondary N) is 2. The second kappa shape index (κ2) is 4.84. The Labute approximate surface area is 88.4 Å². The first-order valence-corrected chi connectivity index (χ1v) is 5.12. The van der Waals surface area contributed by atoms with Crippen LogP contribution in [0.4, 0.5) is 4.79 Å². The Morgan fingerprint density at radius 3 is 3.00 bits per heavy atom. The lowest BCUT2D eigenvalue weighted by atomic mass is 10.4. The fourth-order valence-electron chi connectivity index (χ4n) is 1.56. The summed E-state index contributed by atoms with van der Waals surface area (Å²) in [6.07, 6.45) is 1.60. The number of hydrogen-bond acceptors (Lipinski definition) is 3. The SMILES string of the molecule is O=C(NCc1ccco1)N1CCNCC1. The Morgan fingerprint density at radius 1 is 1.53 bits per heavy atom. The van der Waals surface area contributed by atoms with Crippen LogP contribution < -0.4 is 10.6 Å². The van der Waals surface area contributed by atoms with Gasteiger partial charge in [-0.05, 0) is 12.1 Å². The first kappa shape index (κ1) is 10.0. The first-order chi connectivity index (χ1) is 7.36. The summed E-state index contributed by atoms with van der Waals surface area (Å²) < 4.78 is 5.13. The molecule has 2 N–H and O–H groups in total. The fourth-order valence-corrected chi connectivity index (χ4v) is 1.56. The van der Waals surface area contributed by atoms with E-state index in [-0.39, 0.29) is 6.03 Å². The van der Waals surface area contributed by atoms with Gasteiger partial charge in [0, 0.05) is 26.2 Å². The van der Waals surface area contributed by atoms with Crippen LogP contribution >= 0.6 is 0 Å². The van der Waals surface area contributed by atoms with E-state index >= 15 is 0 Å². The third-order valence-electron chi connectivity index (χ3n) is 2.40. The van der Waals surface area contributed by atoms with Crippen molar-refractivity contribution in [1.82, 2.24) is 15.5 Å². The lowest BCUT2D eigenvalue weighted by Gasteiger charge is -2.27. The monoisotopic (exact) mass is 209 g/mol. The van der Waals surface area contributed by atoms with E-state index in [1.807, 2.05) is 12.1 Å². The number of amides is 2. The lowest BCUT2D eigenvalue weighted by Crippen LogP contribution is -2.49. The van der Waals surface area contributed by atoms with Crippen molar-refractivity contribution in [2.45, 2.75) is 6.54 Å². The van der Waals surface area contributed by atoms with Crippen LogP contribution in [0.15, 0.2) is 22.8 Å². The molecule has 2 rings (SSSR count). The van der Waals surface area contributed by atoms with Crippen LogP contribution in [-0.2, 0) is 6.54 Å². The number of furan rings is 1. The minimum atomic E-state index is -0.0205. The van der Waals surface area contributed by atoms with E-state index in [0.717, 1.165) is 31.9 Å². The second-order valence-electron chi connectivity index (χ2n) is 3.48. The molecule has 0 aliphatic carbocycles. The average molecular weight is 209 g/mol. The van der Waals surface area contributed by atoms with Crippen molar-refractivity contribution >= 4 is 6.03 Å². The van der Waals surface area contributed by atoms with Gasteiger partial charge in [-0.3, -0.25) is 0 Å². The molecule has 5 nitrogen and oxygen atoms in total. The lowest BCUT2D eigenvalue weighted by molar-refractivity contribution is 0.189. The number of carbonyl (C=O) groups is 1. The van der Waals surface area contributed by atoms with Gasteiger partial charge >= 0.3 is 6.03 Å². The summed E-state index contributed by atoms with van der Waals surface area (Å²) in [6, 6.07) is 3.64. The highest BCUT2D eigenvalue weighted by molar-refractivity contribution is 5.74. The molecule has 0 aromatic carbocycles. The number of carbonyl (C=O) groups excluding carboxylic acids is 1.